The fraction of sp³-hybridized carbons (Fsp3) is 0.304. The summed E-state index contributed by atoms with van der Waals surface area (Å²) in [5, 5.41) is 9.94. The Balaban J connectivity index is 1.78. The molecule has 2 aromatic heterocycles. The van der Waals surface area contributed by atoms with Crippen LogP contribution >= 0.6 is 11.3 Å². The number of aromatic nitrogens is 1. The number of hydrogen-bond donors (Lipinski definition) is 6. The van der Waals surface area contributed by atoms with E-state index in [1.165, 1.54) is 11.3 Å². The standard InChI is InChI=1S/C23H28N6O4S/c24-16(9-13-7-8-34-12-13)22(32)29-19(10-14-11-27-17-4-2-1-3-15(14)17)23(33)28-18(21(26)31)5-6-20(25)30/h1-4,7-8,11-12,16,18-19,27H,5-6,9-10,24H2,(H2,25,30)(H2,26,31)(H,28,33)(H,29,32)/t16-,18-,19-/m0/s1. The lowest BCUT2D eigenvalue weighted by Gasteiger charge is -2.23. The summed E-state index contributed by atoms with van der Waals surface area (Å²) in [7, 11) is 0. The Labute approximate surface area is 200 Å². The first-order valence-corrected chi connectivity index (χ1v) is 11.7. The van der Waals surface area contributed by atoms with Crippen LogP contribution in [0.2, 0.25) is 0 Å². The number of nitrogens with two attached hydrogens (primary N) is 3. The van der Waals surface area contributed by atoms with Gasteiger partial charge in [0.1, 0.15) is 12.1 Å². The summed E-state index contributed by atoms with van der Waals surface area (Å²) in [4.78, 5) is 52.0. The lowest BCUT2D eigenvalue weighted by molar-refractivity contribution is -0.132. The Bertz CT molecular complexity index is 1160. The van der Waals surface area contributed by atoms with E-state index < -0.39 is 41.8 Å². The molecule has 0 unspecified atom stereocenters. The van der Waals surface area contributed by atoms with Gasteiger partial charge in [-0.3, -0.25) is 19.2 Å². The van der Waals surface area contributed by atoms with Crippen molar-refractivity contribution in [2.75, 3.05) is 0 Å². The Morgan fingerprint density at radius 2 is 1.71 bits per heavy atom. The van der Waals surface area contributed by atoms with Crippen molar-refractivity contribution >= 4 is 45.9 Å². The van der Waals surface area contributed by atoms with E-state index in [9.17, 15) is 19.2 Å². The second kappa shape index (κ2) is 11.4. The van der Waals surface area contributed by atoms with Gasteiger partial charge in [0.2, 0.25) is 23.6 Å². The smallest absolute Gasteiger partial charge is 0.243 e. The predicted octanol–water partition coefficient (Wildman–Crippen LogP) is 0.0623. The van der Waals surface area contributed by atoms with E-state index in [0.717, 1.165) is 22.0 Å². The fourth-order valence-corrected chi connectivity index (χ4v) is 4.29. The van der Waals surface area contributed by atoms with E-state index >= 15 is 0 Å². The van der Waals surface area contributed by atoms with E-state index in [-0.39, 0.29) is 19.3 Å². The molecule has 3 rings (SSSR count). The molecule has 180 valence electrons. The van der Waals surface area contributed by atoms with Crippen molar-refractivity contribution < 1.29 is 19.2 Å². The van der Waals surface area contributed by atoms with Gasteiger partial charge in [-0.15, -0.1) is 0 Å². The maximum absolute atomic E-state index is 13.1. The number of H-pyrrole nitrogens is 1. The molecule has 10 nitrogen and oxygen atoms in total. The molecule has 34 heavy (non-hydrogen) atoms. The monoisotopic (exact) mass is 484 g/mol. The molecule has 0 radical (unpaired) electrons. The van der Waals surface area contributed by atoms with Crippen molar-refractivity contribution in [2.45, 2.75) is 43.8 Å². The highest BCUT2D eigenvalue weighted by atomic mass is 32.1. The molecule has 0 saturated carbocycles. The van der Waals surface area contributed by atoms with Crippen LogP contribution in [-0.2, 0) is 32.0 Å². The third kappa shape index (κ3) is 6.65. The number of amides is 4. The third-order valence-electron chi connectivity index (χ3n) is 5.44. The van der Waals surface area contributed by atoms with Crippen molar-refractivity contribution in [3.05, 3.63) is 58.4 Å². The first kappa shape index (κ1) is 24.9. The highest BCUT2D eigenvalue weighted by molar-refractivity contribution is 7.07. The molecule has 3 atom stereocenters. The van der Waals surface area contributed by atoms with Gasteiger partial charge >= 0.3 is 0 Å². The first-order valence-electron chi connectivity index (χ1n) is 10.7. The zero-order chi connectivity index (χ0) is 24.7. The zero-order valence-electron chi connectivity index (χ0n) is 18.5. The lowest BCUT2D eigenvalue weighted by Crippen LogP contribution is -2.56. The molecule has 0 fully saturated rings. The largest absolute Gasteiger partial charge is 0.370 e. The van der Waals surface area contributed by atoms with Crippen LogP contribution < -0.4 is 27.8 Å². The van der Waals surface area contributed by atoms with Crippen molar-refractivity contribution in [3.63, 3.8) is 0 Å². The van der Waals surface area contributed by atoms with E-state index in [2.05, 4.69) is 15.6 Å². The highest BCUT2D eigenvalue weighted by Crippen LogP contribution is 2.19. The van der Waals surface area contributed by atoms with Gasteiger partial charge in [-0.1, -0.05) is 18.2 Å². The van der Waals surface area contributed by atoms with Gasteiger partial charge in [0.05, 0.1) is 6.04 Å². The van der Waals surface area contributed by atoms with Gasteiger partial charge in [0.25, 0.3) is 0 Å². The van der Waals surface area contributed by atoms with Crippen molar-refractivity contribution in [1.29, 1.82) is 0 Å². The fourth-order valence-electron chi connectivity index (χ4n) is 3.61. The van der Waals surface area contributed by atoms with Gasteiger partial charge in [-0.25, -0.2) is 0 Å². The molecule has 3 aromatic rings. The average Bonchev–Trinajstić information content (AvgIpc) is 3.45. The van der Waals surface area contributed by atoms with Gasteiger partial charge in [-0.05, 0) is 46.9 Å². The minimum absolute atomic E-state index is 0.0399. The van der Waals surface area contributed by atoms with Crippen molar-refractivity contribution in [1.82, 2.24) is 15.6 Å². The third-order valence-corrected chi connectivity index (χ3v) is 6.18. The Kier molecular flexibility index (Phi) is 8.39. The zero-order valence-corrected chi connectivity index (χ0v) is 19.3. The van der Waals surface area contributed by atoms with Crippen LogP contribution in [0.15, 0.2) is 47.3 Å². The first-order chi connectivity index (χ1) is 16.2. The van der Waals surface area contributed by atoms with E-state index in [1.807, 2.05) is 41.1 Å². The minimum atomic E-state index is -1.11. The number of benzene rings is 1. The molecule has 0 aliphatic rings. The van der Waals surface area contributed by atoms with Crippen LogP contribution in [0.25, 0.3) is 10.9 Å². The van der Waals surface area contributed by atoms with Crippen LogP contribution in [-0.4, -0.2) is 46.7 Å². The second-order valence-electron chi connectivity index (χ2n) is 8.04. The van der Waals surface area contributed by atoms with Gasteiger partial charge < -0.3 is 32.8 Å². The number of aromatic amines is 1. The molecule has 0 bridgehead atoms. The Morgan fingerprint density at radius 1 is 0.971 bits per heavy atom. The van der Waals surface area contributed by atoms with Crippen LogP contribution in [0.3, 0.4) is 0 Å². The molecule has 1 aromatic carbocycles. The number of rotatable bonds is 12. The van der Waals surface area contributed by atoms with Crippen LogP contribution in [0.1, 0.15) is 24.0 Å². The molecule has 0 spiro atoms. The van der Waals surface area contributed by atoms with E-state index in [1.54, 1.807) is 6.20 Å². The van der Waals surface area contributed by atoms with Crippen LogP contribution in [0.4, 0.5) is 0 Å². The average molecular weight is 485 g/mol. The normalized spacial score (nSPS) is 13.7. The summed E-state index contributed by atoms with van der Waals surface area (Å²) in [6.45, 7) is 0. The highest BCUT2D eigenvalue weighted by Gasteiger charge is 2.28. The number of fused-ring (bicyclic) bond motifs is 1. The molecule has 0 aliphatic heterocycles. The number of para-hydroxylation sites is 1. The molecule has 0 aliphatic carbocycles. The quantitative estimate of drug-likeness (QED) is 0.212. The number of primary amides is 2. The van der Waals surface area contributed by atoms with Gasteiger partial charge in [-0.2, -0.15) is 11.3 Å². The number of thiophene rings is 1. The predicted molar refractivity (Wildman–Crippen MR) is 129 cm³/mol. The number of carbonyl (C=O) groups excluding carboxylic acids is 4. The minimum Gasteiger partial charge on any atom is -0.370 e. The van der Waals surface area contributed by atoms with E-state index in [0.29, 0.717) is 6.42 Å². The summed E-state index contributed by atoms with van der Waals surface area (Å²) < 4.78 is 0. The summed E-state index contributed by atoms with van der Waals surface area (Å²) in [5.74, 6) is -2.54. The SMILES string of the molecule is NC(=O)CC[C@H](NC(=O)[C@H](Cc1c[nH]c2ccccc12)NC(=O)[C@@H](N)Cc1ccsc1)C(N)=O. The second-order valence-corrected chi connectivity index (χ2v) is 8.82. The Morgan fingerprint density at radius 3 is 2.38 bits per heavy atom. The van der Waals surface area contributed by atoms with Crippen LogP contribution in [0, 0.1) is 0 Å². The Hall–Kier alpha value is -3.70. The molecule has 2 heterocycles. The number of nitrogens with one attached hydrogen (secondary N) is 3. The molecular weight excluding hydrogens is 456 g/mol. The summed E-state index contributed by atoms with van der Waals surface area (Å²) >= 11 is 1.50. The maximum atomic E-state index is 13.1. The lowest BCUT2D eigenvalue weighted by atomic mass is 10.0. The van der Waals surface area contributed by atoms with Gasteiger partial charge in [0.15, 0.2) is 0 Å². The number of hydrogen-bond acceptors (Lipinski definition) is 6. The summed E-state index contributed by atoms with van der Waals surface area (Å²) in [6, 6.07) is 6.43. The topological polar surface area (TPSA) is 186 Å². The van der Waals surface area contributed by atoms with Crippen molar-refractivity contribution in [3.8, 4) is 0 Å². The number of carbonyl (C=O) groups is 4. The van der Waals surface area contributed by atoms with Crippen LogP contribution in [0.5, 0.6) is 0 Å². The molecule has 9 N–H and O–H groups in total. The maximum Gasteiger partial charge on any atom is 0.243 e. The molecular formula is C23H28N6O4S. The van der Waals surface area contributed by atoms with Crippen molar-refractivity contribution in [2.24, 2.45) is 17.2 Å². The summed E-state index contributed by atoms with van der Waals surface area (Å²) in [5.41, 5.74) is 19.2. The van der Waals surface area contributed by atoms with Gasteiger partial charge in [0, 0.05) is 29.9 Å². The molecule has 4 amide bonds. The van der Waals surface area contributed by atoms with E-state index in [4.69, 9.17) is 17.2 Å². The summed E-state index contributed by atoms with van der Waals surface area (Å²) in [6.07, 6.45) is 2.06. The molecule has 11 heteroatoms. The molecule has 0 saturated heterocycles.